The maximum Gasteiger partial charge on any atom is 0.308 e. The molecule has 0 fully saturated rings. The number of hydrogen-bond acceptors (Lipinski definition) is 5. The van der Waals surface area contributed by atoms with E-state index in [1.54, 1.807) is 16.7 Å². The number of thiazole rings is 1. The quantitative estimate of drug-likeness (QED) is 0.451. The van der Waals surface area contributed by atoms with Gasteiger partial charge in [0.1, 0.15) is 5.82 Å². The zero-order chi connectivity index (χ0) is 19.0. The highest BCUT2D eigenvalue weighted by molar-refractivity contribution is 7.98. The van der Waals surface area contributed by atoms with Gasteiger partial charge in [-0.15, -0.1) is 10.2 Å². The van der Waals surface area contributed by atoms with Gasteiger partial charge in [0.05, 0.1) is 16.8 Å². The molecule has 0 aliphatic carbocycles. The summed E-state index contributed by atoms with van der Waals surface area (Å²) < 4.78 is 18.4. The number of fused-ring (bicyclic) bond motifs is 1. The minimum Gasteiger partial charge on any atom is -0.308 e. The predicted molar refractivity (Wildman–Crippen MR) is 107 cm³/mol. The Balaban J connectivity index is 1.57. The van der Waals surface area contributed by atoms with E-state index in [-0.39, 0.29) is 10.7 Å². The van der Waals surface area contributed by atoms with Crippen molar-refractivity contribution >= 4 is 44.9 Å². The topological polar surface area (TPSA) is 52.7 Å². The van der Waals surface area contributed by atoms with Crippen molar-refractivity contribution in [1.29, 1.82) is 0 Å². The van der Waals surface area contributed by atoms with E-state index < -0.39 is 0 Å². The van der Waals surface area contributed by atoms with Gasteiger partial charge in [-0.05, 0) is 24.3 Å². The van der Waals surface area contributed by atoms with Crippen LogP contribution in [0.15, 0.2) is 52.4 Å². The van der Waals surface area contributed by atoms with Crippen molar-refractivity contribution in [2.75, 3.05) is 0 Å². The molecule has 27 heavy (non-hydrogen) atoms. The van der Waals surface area contributed by atoms with Crippen LogP contribution in [-0.2, 0) is 19.3 Å². The molecule has 2 aromatic carbocycles. The van der Waals surface area contributed by atoms with Crippen LogP contribution in [0.25, 0.3) is 10.2 Å². The first-order chi connectivity index (χ1) is 13.0. The summed E-state index contributed by atoms with van der Waals surface area (Å²) in [4.78, 5) is 12.3. The van der Waals surface area contributed by atoms with Gasteiger partial charge in [-0.2, -0.15) is 0 Å². The van der Waals surface area contributed by atoms with E-state index >= 15 is 0 Å². The fourth-order valence-corrected chi connectivity index (χ4v) is 4.88. The van der Waals surface area contributed by atoms with Crippen LogP contribution in [0.5, 0.6) is 0 Å². The van der Waals surface area contributed by atoms with Gasteiger partial charge in [-0.25, -0.2) is 4.39 Å². The molecule has 0 saturated carbocycles. The number of benzene rings is 2. The van der Waals surface area contributed by atoms with E-state index in [2.05, 4.69) is 10.2 Å². The summed E-state index contributed by atoms with van der Waals surface area (Å²) in [6.45, 7) is 0.327. The lowest BCUT2D eigenvalue weighted by molar-refractivity contribution is 0.617. The van der Waals surface area contributed by atoms with Crippen LogP contribution in [0.4, 0.5) is 4.39 Å². The van der Waals surface area contributed by atoms with E-state index in [9.17, 15) is 9.18 Å². The number of halogens is 2. The van der Waals surface area contributed by atoms with Crippen LogP contribution in [0.2, 0.25) is 5.02 Å². The first-order valence-electron chi connectivity index (χ1n) is 8.07. The SMILES string of the molecule is Cn1c(Cn2c(=O)sc3ccccc32)nnc1SCc1c(F)cccc1Cl. The maximum absolute atomic E-state index is 13.9. The molecule has 138 valence electrons. The van der Waals surface area contributed by atoms with E-state index in [1.165, 1.54) is 29.2 Å². The van der Waals surface area contributed by atoms with Crippen LogP contribution in [-0.4, -0.2) is 19.3 Å². The summed E-state index contributed by atoms with van der Waals surface area (Å²) in [5, 5.41) is 9.41. The van der Waals surface area contributed by atoms with Gasteiger partial charge in [0.2, 0.25) is 0 Å². The van der Waals surface area contributed by atoms with Crippen molar-refractivity contribution < 1.29 is 4.39 Å². The van der Waals surface area contributed by atoms with Crippen molar-refractivity contribution in [2.24, 2.45) is 7.05 Å². The monoisotopic (exact) mass is 420 g/mol. The highest BCUT2D eigenvalue weighted by atomic mass is 35.5. The molecule has 0 amide bonds. The summed E-state index contributed by atoms with van der Waals surface area (Å²) >= 11 is 8.64. The first-order valence-corrected chi connectivity index (χ1v) is 10.2. The molecule has 0 bridgehead atoms. The highest BCUT2D eigenvalue weighted by Gasteiger charge is 2.15. The average Bonchev–Trinajstić information content (AvgIpc) is 3.15. The number of aromatic nitrogens is 4. The van der Waals surface area contributed by atoms with E-state index in [1.807, 2.05) is 35.9 Å². The van der Waals surface area contributed by atoms with Crippen molar-refractivity contribution in [3.8, 4) is 0 Å². The third kappa shape index (κ3) is 3.52. The Labute approximate surface area is 167 Å². The van der Waals surface area contributed by atoms with Crippen LogP contribution >= 0.6 is 34.7 Å². The molecular weight excluding hydrogens is 407 g/mol. The van der Waals surface area contributed by atoms with Gasteiger partial charge in [-0.3, -0.25) is 9.36 Å². The number of para-hydroxylation sites is 1. The highest BCUT2D eigenvalue weighted by Crippen LogP contribution is 2.28. The summed E-state index contributed by atoms with van der Waals surface area (Å²) in [5.74, 6) is 0.662. The molecule has 0 saturated heterocycles. The zero-order valence-corrected chi connectivity index (χ0v) is 16.6. The summed E-state index contributed by atoms with van der Waals surface area (Å²) in [7, 11) is 1.83. The molecule has 0 aliphatic heterocycles. The minimum atomic E-state index is -0.339. The van der Waals surface area contributed by atoms with Crippen LogP contribution in [0, 0.1) is 5.82 Å². The molecule has 2 aromatic heterocycles. The summed E-state index contributed by atoms with van der Waals surface area (Å²) in [5.41, 5.74) is 1.32. The fraction of sp³-hybridized carbons (Fsp3) is 0.167. The first kappa shape index (κ1) is 18.2. The largest absolute Gasteiger partial charge is 0.308 e. The van der Waals surface area contributed by atoms with Gasteiger partial charge in [0, 0.05) is 23.4 Å². The van der Waals surface area contributed by atoms with Crippen LogP contribution < -0.4 is 4.87 Å². The third-order valence-corrected chi connectivity index (χ3v) is 6.57. The van der Waals surface area contributed by atoms with Crippen molar-refractivity contribution in [1.82, 2.24) is 19.3 Å². The molecule has 0 unspecified atom stereocenters. The smallest absolute Gasteiger partial charge is 0.308 e. The van der Waals surface area contributed by atoms with Crippen LogP contribution in [0.3, 0.4) is 0 Å². The zero-order valence-electron chi connectivity index (χ0n) is 14.2. The number of hydrogen-bond donors (Lipinski definition) is 0. The number of nitrogens with zero attached hydrogens (tertiary/aromatic N) is 4. The lowest BCUT2D eigenvalue weighted by Crippen LogP contribution is -2.16. The Morgan fingerprint density at radius 1 is 1.19 bits per heavy atom. The third-order valence-electron chi connectivity index (χ3n) is 4.21. The minimum absolute atomic E-state index is 0.0356. The molecular formula is C18H14ClFN4OS2. The second-order valence-electron chi connectivity index (χ2n) is 5.87. The Morgan fingerprint density at radius 3 is 2.81 bits per heavy atom. The van der Waals surface area contributed by atoms with E-state index in [0.717, 1.165) is 10.2 Å². The molecule has 5 nitrogen and oxygen atoms in total. The van der Waals surface area contributed by atoms with Gasteiger partial charge >= 0.3 is 4.87 Å². The standard InChI is InChI=1S/C18H14ClFN4OS2/c1-23-16(9-24-14-7-2-3-8-15(14)27-18(24)25)21-22-17(23)26-10-11-12(19)5-4-6-13(11)20/h2-8H,9-10H2,1H3. The van der Waals surface area contributed by atoms with E-state index in [4.69, 9.17) is 11.6 Å². The Morgan fingerprint density at radius 2 is 2.00 bits per heavy atom. The predicted octanol–water partition coefficient (Wildman–Crippen LogP) is 4.32. The Bertz CT molecular complexity index is 1160. The second kappa shape index (κ2) is 7.46. The molecule has 0 aliphatic rings. The van der Waals surface area contributed by atoms with Crippen molar-refractivity contribution in [3.63, 3.8) is 0 Å². The molecule has 0 spiro atoms. The van der Waals surface area contributed by atoms with Crippen molar-refractivity contribution in [2.45, 2.75) is 17.5 Å². The van der Waals surface area contributed by atoms with Gasteiger partial charge in [0.25, 0.3) is 0 Å². The average molecular weight is 421 g/mol. The molecule has 4 aromatic rings. The molecule has 0 N–H and O–H groups in total. The van der Waals surface area contributed by atoms with Crippen LogP contribution in [0.1, 0.15) is 11.4 Å². The summed E-state index contributed by atoms with van der Waals surface area (Å²) in [6.07, 6.45) is 0. The fourth-order valence-electron chi connectivity index (χ4n) is 2.72. The van der Waals surface area contributed by atoms with Crippen molar-refractivity contribution in [3.05, 3.63) is 74.4 Å². The molecule has 4 rings (SSSR count). The lowest BCUT2D eigenvalue weighted by Gasteiger charge is -2.07. The van der Waals surface area contributed by atoms with E-state index in [0.29, 0.717) is 33.9 Å². The molecule has 2 heterocycles. The maximum atomic E-state index is 13.9. The molecule has 0 atom stereocenters. The summed E-state index contributed by atoms with van der Waals surface area (Å²) in [6, 6.07) is 12.3. The molecule has 9 heteroatoms. The van der Waals surface area contributed by atoms with Gasteiger partial charge < -0.3 is 4.57 Å². The van der Waals surface area contributed by atoms with Gasteiger partial charge in [-0.1, -0.05) is 52.9 Å². The van der Waals surface area contributed by atoms with Gasteiger partial charge in [0.15, 0.2) is 11.0 Å². The number of rotatable bonds is 5. The second-order valence-corrected chi connectivity index (χ2v) is 8.21. The lowest BCUT2D eigenvalue weighted by atomic mass is 10.2. The Kier molecular flexibility index (Phi) is 5.03. The normalized spacial score (nSPS) is 11.4. The number of thioether (sulfide) groups is 1. The Hall–Kier alpha value is -2.16. The molecule has 0 radical (unpaired) electrons.